The van der Waals surface area contributed by atoms with Crippen molar-refractivity contribution in [1.82, 2.24) is 14.7 Å². The Bertz CT molecular complexity index is 841. The van der Waals surface area contributed by atoms with Crippen LogP contribution in [0.5, 0.6) is 0 Å². The number of aryl methyl sites for hydroxylation is 2. The van der Waals surface area contributed by atoms with Crippen molar-refractivity contribution >= 4 is 26.6 Å². The number of nitrogens with zero attached hydrogens (tertiary/aromatic N) is 3. The minimum Gasteiger partial charge on any atom is -0.342 e. The average molecular weight is 335 g/mol. The van der Waals surface area contributed by atoms with Crippen molar-refractivity contribution in [2.24, 2.45) is 0 Å². The molecule has 1 fully saturated rings. The molecule has 1 aliphatic heterocycles. The van der Waals surface area contributed by atoms with Crippen LogP contribution in [0.3, 0.4) is 0 Å². The number of amides is 1. The highest BCUT2D eigenvalue weighted by Crippen LogP contribution is 2.19. The minimum absolute atomic E-state index is 0.0385. The second-order valence-corrected chi connectivity index (χ2v) is 8.42. The lowest BCUT2D eigenvalue weighted by Crippen LogP contribution is -2.38. The van der Waals surface area contributed by atoms with E-state index in [1.807, 2.05) is 36.0 Å². The Morgan fingerprint density at radius 2 is 2.22 bits per heavy atom. The molecule has 0 N–H and O–H groups in total. The van der Waals surface area contributed by atoms with Gasteiger partial charge in [0.25, 0.3) is 0 Å². The van der Waals surface area contributed by atoms with E-state index in [1.165, 1.54) is 0 Å². The molecule has 3 rings (SSSR count). The Labute approximate surface area is 136 Å². The summed E-state index contributed by atoms with van der Waals surface area (Å²) in [4.78, 5) is 13.9. The number of aromatic nitrogens is 2. The number of hydrogen-bond donors (Lipinski definition) is 0. The summed E-state index contributed by atoms with van der Waals surface area (Å²) in [5, 5.41) is 5.45. The summed E-state index contributed by atoms with van der Waals surface area (Å²) >= 11 is 0. The van der Waals surface area contributed by atoms with E-state index in [0.717, 1.165) is 16.5 Å². The second-order valence-electron chi connectivity index (χ2n) is 6.19. The minimum atomic E-state index is -2.98. The number of fused-ring (bicyclic) bond motifs is 1. The van der Waals surface area contributed by atoms with Crippen LogP contribution in [0.4, 0.5) is 0 Å². The third-order valence-corrected chi connectivity index (χ3v) is 6.34. The number of carbonyl (C=O) groups excluding carboxylic acids is 1. The van der Waals surface area contributed by atoms with E-state index in [-0.39, 0.29) is 23.5 Å². The van der Waals surface area contributed by atoms with Gasteiger partial charge in [-0.15, -0.1) is 0 Å². The van der Waals surface area contributed by atoms with Crippen LogP contribution in [0.1, 0.15) is 18.4 Å². The topological polar surface area (TPSA) is 72.3 Å². The normalized spacial score (nSPS) is 20.0. The number of rotatable bonds is 4. The zero-order chi connectivity index (χ0) is 16.6. The van der Waals surface area contributed by atoms with Crippen LogP contribution in [0.2, 0.25) is 0 Å². The molecule has 1 saturated heterocycles. The molecule has 2 aromatic rings. The van der Waals surface area contributed by atoms with Crippen molar-refractivity contribution in [3.63, 3.8) is 0 Å². The van der Waals surface area contributed by atoms with Crippen LogP contribution in [0.25, 0.3) is 10.9 Å². The van der Waals surface area contributed by atoms with Crippen molar-refractivity contribution in [2.45, 2.75) is 32.4 Å². The van der Waals surface area contributed by atoms with Crippen molar-refractivity contribution in [1.29, 1.82) is 0 Å². The van der Waals surface area contributed by atoms with E-state index in [1.54, 1.807) is 11.9 Å². The molecule has 0 unspecified atom stereocenters. The van der Waals surface area contributed by atoms with Gasteiger partial charge in [-0.3, -0.25) is 9.48 Å². The fourth-order valence-corrected chi connectivity index (χ4v) is 4.86. The lowest BCUT2D eigenvalue weighted by atomic mass is 10.1. The highest BCUT2D eigenvalue weighted by molar-refractivity contribution is 7.91. The van der Waals surface area contributed by atoms with E-state index < -0.39 is 9.84 Å². The van der Waals surface area contributed by atoms with Gasteiger partial charge in [-0.1, -0.05) is 12.1 Å². The third kappa shape index (κ3) is 3.24. The molecule has 1 atom stereocenters. The first kappa shape index (κ1) is 16.0. The first-order valence-corrected chi connectivity index (χ1v) is 9.57. The monoisotopic (exact) mass is 335 g/mol. The molecule has 0 bridgehead atoms. The van der Waals surface area contributed by atoms with Gasteiger partial charge in [0.05, 0.1) is 29.8 Å². The van der Waals surface area contributed by atoms with E-state index in [4.69, 9.17) is 0 Å². The Balaban J connectivity index is 1.65. The summed E-state index contributed by atoms with van der Waals surface area (Å²) in [6.07, 6.45) is 2.68. The molecule has 124 valence electrons. The molecule has 1 aromatic carbocycles. The van der Waals surface area contributed by atoms with E-state index >= 15 is 0 Å². The summed E-state index contributed by atoms with van der Waals surface area (Å²) in [6, 6.07) is 5.82. The SMILES string of the molecule is Cc1cccc2c1cnn2CCC(=O)N(C)[C@@H]1CCS(=O)(=O)C1. The lowest BCUT2D eigenvalue weighted by molar-refractivity contribution is -0.131. The molecule has 0 radical (unpaired) electrons. The summed E-state index contributed by atoms with van der Waals surface area (Å²) in [6.45, 7) is 2.53. The smallest absolute Gasteiger partial charge is 0.224 e. The van der Waals surface area contributed by atoms with Crippen LogP contribution in [0.15, 0.2) is 24.4 Å². The highest BCUT2D eigenvalue weighted by Gasteiger charge is 2.32. The fourth-order valence-electron chi connectivity index (χ4n) is 3.09. The van der Waals surface area contributed by atoms with Crippen LogP contribution in [-0.2, 0) is 21.2 Å². The van der Waals surface area contributed by atoms with Crippen molar-refractivity contribution < 1.29 is 13.2 Å². The van der Waals surface area contributed by atoms with Gasteiger partial charge < -0.3 is 4.90 Å². The molecule has 0 saturated carbocycles. The van der Waals surface area contributed by atoms with Gasteiger partial charge in [-0.05, 0) is 25.0 Å². The number of sulfone groups is 1. The average Bonchev–Trinajstić information content (AvgIpc) is 3.08. The summed E-state index contributed by atoms with van der Waals surface area (Å²) < 4.78 is 24.9. The van der Waals surface area contributed by atoms with Crippen molar-refractivity contribution in [2.75, 3.05) is 18.6 Å². The standard InChI is InChI=1S/C16H21N3O3S/c1-12-4-3-5-15-14(12)10-17-19(15)8-6-16(20)18(2)13-7-9-23(21,22)11-13/h3-5,10,13H,6-9,11H2,1-2H3/t13-/m1/s1. The summed E-state index contributed by atoms with van der Waals surface area (Å²) in [5.41, 5.74) is 2.18. The third-order valence-electron chi connectivity index (χ3n) is 4.59. The van der Waals surface area contributed by atoms with E-state index in [9.17, 15) is 13.2 Å². The van der Waals surface area contributed by atoms with Gasteiger partial charge in [0.1, 0.15) is 0 Å². The summed E-state index contributed by atoms with van der Waals surface area (Å²) in [5.74, 6) is 0.223. The predicted molar refractivity (Wildman–Crippen MR) is 88.9 cm³/mol. The molecular weight excluding hydrogens is 314 g/mol. The molecule has 0 aliphatic carbocycles. The molecule has 6 nitrogen and oxygen atoms in total. The van der Waals surface area contributed by atoms with Gasteiger partial charge in [0, 0.05) is 24.9 Å². The Morgan fingerprint density at radius 1 is 1.43 bits per heavy atom. The van der Waals surface area contributed by atoms with Crippen molar-refractivity contribution in [3.05, 3.63) is 30.0 Å². The molecule has 1 aromatic heterocycles. The van der Waals surface area contributed by atoms with E-state index in [0.29, 0.717) is 19.4 Å². The Morgan fingerprint density at radius 3 is 2.91 bits per heavy atom. The Hall–Kier alpha value is -1.89. The molecular formula is C16H21N3O3S. The van der Waals surface area contributed by atoms with E-state index in [2.05, 4.69) is 5.10 Å². The molecule has 2 heterocycles. The number of carbonyl (C=O) groups is 1. The maximum atomic E-state index is 12.3. The number of hydrogen-bond acceptors (Lipinski definition) is 4. The fraction of sp³-hybridized carbons (Fsp3) is 0.500. The van der Waals surface area contributed by atoms with Gasteiger partial charge in [-0.25, -0.2) is 8.42 Å². The Kier molecular flexibility index (Phi) is 4.14. The molecule has 23 heavy (non-hydrogen) atoms. The quantitative estimate of drug-likeness (QED) is 0.846. The largest absolute Gasteiger partial charge is 0.342 e. The maximum Gasteiger partial charge on any atom is 0.224 e. The predicted octanol–water partition coefficient (Wildman–Crippen LogP) is 1.38. The molecule has 0 spiro atoms. The first-order valence-electron chi connectivity index (χ1n) is 7.74. The maximum absolute atomic E-state index is 12.3. The van der Waals surface area contributed by atoms with Gasteiger partial charge in [-0.2, -0.15) is 5.10 Å². The van der Waals surface area contributed by atoms with Gasteiger partial charge >= 0.3 is 0 Å². The van der Waals surface area contributed by atoms with Crippen LogP contribution >= 0.6 is 0 Å². The lowest BCUT2D eigenvalue weighted by Gasteiger charge is -2.23. The first-order chi connectivity index (χ1) is 10.9. The van der Waals surface area contributed by atoms with Gasteiger partial charge in [0.15, 0.2) is 9.84 Å². The molecule has 7 heteroatoms. The zero-order valence-corrected chi connectivity index (χ0v) is 14.2. The van der Waals surface area contributed by atoms with Crippen molar-refractivity contribution in [3.8, 4) is 0 Å². The highest BCUT2D eigenvalue weighted by atomic mass is 32.2. The van der Waals surface area contributed by atoms with Gasteiger partial charge in [0.2, 0.25) is 5.91 Å². The molecule has 1 aliphatic rings. The van der Waals surface area contributed by atoms with Crippen LogP contribution < -0.4 is 0 Å². The number of benzene rings is 1. The summed E-state index contributed by atoms with van der Waals surface area (Å²) in [7, 11) is -1.28. The second kappa shape index (κ2) is 5.96. The zero-order valence-electron chi connectivity index (χ0n) is 13.4. The van der Waals surface area contributed by atoms with Crippen LogP contribution in [-0.4, -0.2) is 53.6 Å². The van der Waals surface area contributed by atoms with Crippen LogP contribution in [0, 0.1) is 6.92 Å². The molecule has 1 amide bonds.